The first kappa shape index (κ1) is 32.5. The molecule has 0 saturated carbocycles. The van der Waals surface area contributed by atoms with E-state index in [0.717, 1.165) is 18.4 Å². The zero-order valence-electron chi connectivity index (χ0n) is 24.7. The van der Waals surface area contributed by atoms with E-state index in [4.69, 9.17) is 0 Å². The summed E-state index contributed by atoms with van der Waals surface area (Å²) in [5.74, 6) is -1.63. The Bertz CT molecular complexity index is 1020. The summed E-state index contributed by atoms with van der Waals surface area (Å²) >= 11 is 0. The number of aliphatic hydroxyl groups excluding tert-OH is 2. The third kappa shape index (κ3) is 9.26. The highest BCUT2D eigenvalue weighted by Gasteiger charge is 2.40. The lowest BCUT2D eigenvalue weighted by Gasteiger charge is -2.39. The van der Waals surface area contributed by atoms with Crippen LogP contribution in [0.3, 0.4) is 0 Å². The summed E-state index contributed by atoms with van der Waals surface area (Å²) in [7, 11) is 0. The first-order valence-electron chi connectivity index (χ1n) is 15.2. The summed E-state index contributed by atoms with van der Waals surface area (Å²) in [6.45, 7) is 5.84. The van der Waals surface area contributed by atoms with Gasteiger partial charge in [-0.2, -0.15) is 0 Å². The molecule has 10 heteroatoms. The van der Waals surface area contributed by atoms with Crippen molar-refractivity contribution in [3.05, 3.63) is 35.9 Å². The summed E-state index contributed by atoms with van der Waals surface area (Å²) in [4.78, 5) is 56.3. The third-order valence-corrected chi connectivity index (χ3v) is 8.46. The lowest BCUT2D eigenvalue weighted by molar-refractivity contribution is -0.147. The number of amides is 4. The van der Waals surface area contributed by atoms with Crippen LogP contribution in [-0.4, -0.2) is 81.7 Å². The molecular formula is C31H48N4O6. The minimum Gasteiger partial charge on any atom is -0.391 e. The molecule has 7 atom stereocenters. The molecule has 0 aromatic heterocycles. The Kier molecular flexibility index (Phi) is 12.6. The van der Waals surface area contributed by atoms with E-state index in [1.165, 1.54) is 0 Å². The zero-order valence-corrected chi connectivity index (χ0v) is 24.7. The lowest BCUT2D eigenvalue weighted by atomic mass is 9.93. The van der Waals surface area contributed by atoms with Gasteiger partial charge in [-0.25, -0.2) is 0 Å². The van der Waals surface area contributed by atoms with E-state index in [0.29, 0.717) is 51.5 Å². The van der Waals surface area contributed by atoms with Gasteiger partial charge in [0.2, 0.25) is 23.6 Å². The van der Waals surface area contributed by atoms with Crippen LogP contribution in [0.25, 0.3) is 0 Å². The molecule has 2 aliphatic heterocycles. The average Bonchev–Trinajstić information content (AvgIpc) is 2.97. The number of piperidine rings is 1. The highest BCUT2D eigenvalue weighted by Crippen LogP contribution is 2.22. The number of hydrogen-bond acceptors (Lipinski definition) is 6. The minimum absolute atomic E-state index is 0.159. The second-order valence-corrected chi connectivity index (χ2v) is 11.7. The highest BCUT2D eigenvalue weighted by atomic mass is 16.3. The van der Waals surface area contributed by atoms with Crippen LogP contribution in [0.4, 0.5) is 0 Å². The summed E-state index contributed by atoms with van der Waals surface area (Å²) in [6.07, 6.45) is 4.11. The van der Waals surface area contributed by atoms with Gasteiger partial charge in [-0.05, 0) is 50.5 Å². The summed E-state index contributed by atoms with van der Waals surface area (Å²) < 4.78 is 0. The molecule has 0 radical (unpaired) electrons. The van der Waals surface area contributed by atoms with Crippen molar-refractivity contribution < 1.29 is 29.4 Å². The van der Waals surface area contributed by atoms with Gasteiger partial charge >= 0.3 is 0 Å². The Morgan fingerprint density at radius 2 is 1.56 bits per heavy atom. The Morgan fingerprint density at radius 3 is 2.24 bits per heavy atom. The molecule has 0 aliphatic carbocycles. The number of fused-ring (bicyclic) bond motifs is 1. The van der Waals surface area contributed by atoms with Gasteiger partial charge in [0.25, 0.3) is 0 Å². The molecule has 0 unspecified atom stereocenters. The largest absolute Gasteiger partial charge is 0.391 e. The van der Waals surface area contributed by atoms with Gasteiger partial charge in [-0.1, -0.05) is 69.9 Å². The number of unbranched alkanes of at least 4 members (excludes halogenated alkanes) is 2. The number of rotatable bonds is 11. The maximum absolute atomic E-state index is 13.9. The number of benzene rings is 1. The normalized spacial score (nSPS) is 26.4. The molecule has 1 aromatic carbocycles. The molecule has 1 aromatic rings. The van der Waals surface area contributed by atoms with Crippen LogP contribution in [0.15, 0.2) is 30.3 Å². The number of hydrogen-bond donors (Lipinski definition) is 5. The second-order valence-electron chi connectivity index (χ2n) is 11.7. The number of nitrogens with one attached hydrogen (secondary N) is 3. The average molecular weight is 573 g/mol. The zero-order chi connectivity index (χ0) is 29.9. The Hall–Kier alpha value is -2.98. The smallest absolute Gasteiger partial charge is 0.246 e. The first-order chi connectivity index (χ1) is 19.6. The van der Waals surface area contributed by atoms with Crippen LogP contribution in [-0.2, 0) is 25.6 Å². The molecule has 2 fully saturated rings. The van der Waals surface area contributed by atoms with E-state index in [2.05, 4.69) is 16.0 Å². The fourth-order valence-corrected chi connectivity index (χ4v) is 5.57. The van der Waals surface area contributed by atoms with E-state index in [9.17, 15) is 29.4 Å². The van der Waals surface area contributed by atoms with Crippen LogP contribution in [0.2, 0.25) is 0 Å². The van der Waals surface area contributed by atoms with Crippen molar-refractivity contribution in [3.63, 3.8) is 0 Å². The minimum atomic E-state index is -0.929. The number of carbonyl (C=O) groups excluding carboxylic acids is 4. The highest BCUT2D eigenvalue weighted by molar-refractivity contribution is 5.97. The third-order valence-electron chi connectivity index (χ3n) is 8.46. The quantitative estimate of drug-likeness (QED) is 0.256. The van der Waals surface area contributed by atoms with Crippen molar-refractivity contribution in [1.82, 2.24) is 20.9 Å². The van der Waals surface area contributed by atoms with E-state index in [-0.39, 0.29) is 24.2 Å². The lowest BCUT2D eigenvalue weighted by Crippen LogP contribution is -2.64. The van der Waals surface area contributed by atoms with Gasteiger partial charge in [-0.15, -0.1) is 0 Å². The Balaban J connectivity index is 1.86. The van der Waals surface area contributed by atoms with Gasteiger partial charge in [0, 0.05) is 13.0 Å². The van der Waals surface area contributed by atoms with E-state index < -0.39 is 48.2 Å². The summed E-state index contributed by atoms with van der Waals surface area (Å²) in [5, 5.41) is 28.1. The van der Waals surface area contributed by atoms with Crippen LogP contribution < -0.4 is 16.0 Å². The van der Waals surface area contributed by atoms with Crippen molar-refractivity contribution in [3.8, 4) is 0 Å². The van der Waals surface area contributed by atoms with Crippen molar-refractivity contribution in [2.75, 3.05) is 6.54 Å². The predicted octanol–water partition coefficient (Wildman–Crippen LogP) is 1.82. The molecule has 5 N–H and O–H groups in total. The van der Waals surface area contributed by atoms with Gasteiger partial charge in [0.1, 0.15) is 24.2 Å². The first-order valence-corrected chi connectivity index (χ1v) is 15.2. The van der Waals surface area contributed by atoms with E-state index >= 15 is 0 Å². The summed E-state index contributed by atoms with van der Waals surface area (Å²) in [5.41, 5.74) is 0.861. The van der Waals surface area contributed by atoms with Crippen LogP contribution >= 0.6 is 0 Å². The molecule has 3 rings (SSSR count). The monoisotopic (exact) mass is 572 g/mol. The summed E-state index contributed by atoms with van der Waals surface area (Å²) in [6, 6.07) is 6.06. The van der Waals surface area contributed by atoms with Gasteiger partial charge in [0.05, 0.1) is 12.2 Å². The molecule has 2 heterocycles. The van der Waals surface area contributed by atoms with Gasteiger partial charge in [0.15, 0.2) is 0 Å². The van der Waals surface area contributed by atoms with E-state index in [1.54, 1.807) is 11.8 Å². The van der Waals surface area contributed by atoms with Gasteiger partial charge in [-0.3, -0.25) is 19.2 Å². The molecular weight excluding hydrogens is 524 g/mol. The van der Waals surface area contributed by atoms with Crippen molar-refractivity contribution in [1.29, 1.82) is 0 Å². The van der Waals surface area contributed by atoms with Crippen LogP contribution in [0, 0.1) is 5.92 Å². The topological polar surface area (TPSA) is 148 Å². The molecule has 0 bridgehead atoms. The maximum Gasteiger partial charge on any atom is 0.246 e. The molecule has 2 saturated heterocycles. The molecule has 10 nitrogen and oxygen atoms in total. The predicted molar refractivity (Wildman–Crippen MR) is 156 cm³/mol. The Morgan fingerprint density at radius 1 is 0.878 bits per heavy atom. The second kappa shape index (κ2) is 15.9. The molecule has 228 valence electrons. The fourth-order valence-electron chi connectivity index (χ4n) is 5.57. The Labute approximate surface area is 243 Å². The van der Waals surface area contributed by atoms with Crippen molar-refractivity contribution in [2.45, 2.75) is 121 Å². The van der Waals surface area contributed by atoms with Gasteiger partial charge < -0.3 is 31.1 Å². The maximum atomic E-state index is 13.9. The van der Waals surface area contributed by atoms with Crippen LogP contribution in [0.1, 0.15) is 84.1 Å². The molecule has 4 amide bonds. The van der Waals surface area contributed by atoms with E-state index in [1.807, 2.05) is 44.2 Å². The fraction of sp³-hybridized carbons (Fsp3) is 0.677. The molecule has 2 aliphatic rings. The standard InChI is InChI=1S/C31H48N4O6/c1-4-20(2)27-31(41)35-18-12-11-16-25(35)30(40)32-23(15-9-6-10-17-26(37)21(3)36)28(38)33-24(29(39)34-27)19-22-13-7-5-8-14-22/h5,7-8,13-14,20-21,23-27,36-37H,4,6,9-12,15-19H2,1-3H3,(H,32,40)(H,33,38)(H,34,39)/t20-,21-,23-,24+,25-,26-,27-/m0/s1. The number of aliphatic hydroxyl groups is 2. The van der Waals surface area contributed by atoms with Crippen LogP contribution in [0.5, 0.6) is 0 Å². The van der Waals surface area contributed by atoms with Crippen molar-refractivity contribution in [2.24, 2.45) is 5.92 Å². The molecule has 0 spiro atoms. The number of nitrogens with zero attached hydrogens (tertiary/aromatic N) is 1. The molecule has 41 heavy (non-hydrogen) atoms. The SMILES string of the molecule is CC[C@H](C)[C@@H]1NC(=O)[C@@H](Cc2ccccc2)NC(=O)[C@H](CCCCC[C@H](O)[C@H](C)O)NC(=O)[C@@H]2CCCCN2C1=O. The number of carbonyl (C=O) groups is 4. The van der Waals surface area contributed by atoms with Crippen molar-refractivity contribution >= 4 is 23.6 Å².